The Morgan fingerprint density at radius 1 is 1.46 bits per heavy atom. The van der Waals surface area contributed by atoms with Crippen molar-refractivity contribution in [2.45, 2.75) is 12.5 Å². The first-order valence-corrected chi connectivity index (χ1v) is 4.05. The lowest BCUT2D eigenvalue weighted by atomic mass is 10.4. The van der Waals surface area contributed by atoms with Crippen LogP contribution in [0, 0.1) is 0 Å². The Morgan fingerprint density at radius 3 is 2.62 bits per heavy atom. The Morgan fingerprint density at radius 2 is 2.15 bits per heavy atom. The molecule has 0 saturated heterocycles. The third-order valence-electron chi connectivity index (χ3n) is 1.46. The fraction of sp³-hybridized carbons (Fsp3) is 0.875. The maximum absolute atomic E-state index is 10.9. The molecule has 1 N–H and O–H groups in total. The predicted octanol–water partition coefficient (Wildman–Crippen LogP) is -0.427. The molecule has 0 aromatic heterocycles. The van der Waals surface area contributed by atoms with Crippen LogP contribution < -0.4 is 0 Å². The van der Waals surface area contributed by atoms with Gasteiger partial charge in [-0.3, -0.25) is 0 Å². The second kappa shape index (κ2) is 7.97. The first-order valence-electron chi connectivity index (χ1n) is 4.05. The van der Waals surface area contributed by atoms with Crippen LogP contribution in [0.4, 0.5) is 0 Å². The lowest BCUT2D eigenvalue weighted by Gasteiger charge is -2.12. The third kappa shape index (κ3) is 5.57. The smallest absolute Gasteiger partial charge is 0.337 e. The molecule has 0 amide bonds. The number of esters is 1. The van der Waals surface area contributed by atoms with Crippen LogP contribution in [0.1, 0.15) is 6.42 Å². The van der Waals surface area contributed by atoms with Gasteiger partial charge in [0.2, 0.25) is 0 Å². The number of ether oxygens (including phenoxy) is 3. The van der Waals surface area contributed by atoms with Crippen molar-refractivity contribution in [1.82, 2.24) is 0 Å². The van der Waals surface area contributed by atoms with Gasteiger partial charge in [0.05, 0.1) is 13.7 Å². The van der Waals surface area contributed by atoms with Gasteiger partial charge in [-0.25, -0.2) is 4.79 Å². The van der Waals surface area contributed by atoms with Crippen molar-refractivity contribution in [3.05, 3.63) is 0 Å². The standard InChI is InChI=1S/C8H16O5/c1-11-7(8(10)12-2)6-13-5-3-4-9/h7,9H,3-6H2,1-2H3. The van der Waals surface area contributed by atoms with Crippen LogP contribution in [-0.2, 0) is 19.0 Å². The average Bonchev–Trinajstić information content (AvgIpc) is 2.17. The molecule has 5 heteroatoms. The summed E-state index contributed by atoms with van der Waals surface area (Å²) in [4.78, 5) is 10.9. The van der Waals surface area contributed by atoms with Gasteiger partial charge in [0.1, 0.15) is 0 Å². The van der Waals surface area contributed by atoms with E-state index in [1.54, 1.807) is 0 Å². The Balaban J connectivity index is 3.53. The van der Waals surface area contributed by atoms with Crippen LogP contribution in [0.2, 0.25) is 0 Å². The van der Waals surface area contributed by atoms with E-state index >= 15 is 0 Å². The summed E-state index contributed by atoms with van der Waals surface area (Å²) < 4.78 is 14.4. The molecule has 0 aromatic carbocycles. The number of rotatable bonds is 7. The fourth-order valence-electron chi connectivity index (χ4n) is 0.721. The lowest BCUT2D eigenvalue weighted by Crippen LogP contribution is -2.29. The molecule has 0 rings (SSSR count). The zero-order chi connectivity index (χ0) is 10.1. The summed E-state index contributed by atoms with van der Waals surface area (Å²) in [5.74, 6) is -0.452. The van der Waals surface area contributed by atoms with Crippen molar-refractivity contribution in [2.75, 3.05) is 34.0 Å². The highest BCUT2D eigenvalue weighted by molar-refractivity contribution is 5.74. The Labute approximate surface area is 77.6 Å². The van der Waals surface area contributed by atoms with Crippen molar-refractivity contribution in [3.63, 3.8) is 0 Å². The normalized spacial score (nSPS) is 12.5. The van der Waals surface area contributed by atoms with Crippen LogP contribution in [0.5, 0.6) is 0 Å². The van der Waals surface area contributed by atoms with Crippen LogP contribution in [0.15, 0.2) is 0 Å². The minimum Gasteiger partial charge on any atom is -0.467 e. The molecule has 0 radical (unpaired) electrons. The van der Waals surface area contributed by atoms with Gasteiger partial charge in [-0.15, -0.1) is 0 Å². The number of aliphatic hydroxyl groups excluding tert-OH is 1. The molecule has 0 aliphatic rings. The second-order valence-electron chi connectivity index (χ2n) is 2.40. The van der Waals surface area contributed by atoms with E-state index in [0.717, 1.165) is 0 Å². The molecule has 78 valence electrons. The second-order valence-corrected chi connectivity index (χ2v) is 2.40. The molecule has 1 atom stereocenters. The van der Waals surface area contributed by atoms with Crippen molar-refractivity contribution >= 4 is 5.97 Å². The predicted molar refractivity (Wildman–Crippen MR) is 45.3 cm³/mol. The number of carbonyl (C=O) groups excluding carboxylic acids is 1. The summed E-state index contributed by atoms with van der Waals surface area (Å²) in [6, 6.07) is 0. The van der Waals surface area contributed by atoms with Crippen molar-refractivity contribution < 1.29 is 24.1 Å². The van der Waals surface area contributed by atoms with Gasteiger partial charge >= 0.3 is 5.97 Å². The molecular weight excluding hydrogens is 176 g/mol. The number of hydrogen-bond donors (Lipinski definition) is 1. The first-order chi connectivity index (χ1) is 6.26. The Bertz CT molecular complexity index is 136. The molecule has 0 fully saturated rings. The lowest BCUT2D eigenvalue weighted by molar-refractivity contribution is -0.156. The van der Waals surface area contributed by atoms with Crippen LogP contribution in [-0.4, -0.2) is 51.2 Å². The van der Waals surface area contributed by atoms with E-state index in [9.17, 15) is 4.79 Å². The molecule has 0 heterocycles. The summed E-state index contributed by atoms with van der Waals surface area (Å²) in [5, 5.41) is 8.44. The molecule has 5 nitrogen and oxygen atoms in total. The van der Waals surface area contributed by atoms with Crippen molar-refractivity contribution in [1.29, 1.82) is 0 Å². The topological polar surface area (TPSA) is 65.0 Å². The summed E-state index contributed by atoms with van der Waals surface area (Å²) in [6.07, 6.45) is -0.124. The molecule has 0 aliphatic carbocycles. The highest BCUT2D eigenvalue weighted by Gasteiger charge is 2.17. The summed E-state index contributed by atoms with van der Waals surface area (Å²) in [6.45, 7) is 0.645. The molecule has 0 bridgehead atoms. The molecule has 1 unspecified atom stereocenters. The van der Waals surface area contributed by atoms with Gasteiger partial charge in [-0.05, 0) is 6.42 Å². The molecule has 0 aromatic rings. The van der Waals surface area contributed by atoms with Gasteiger partial charge in [-0.1, -0.05) is 0 Å². The van der Waals surface area contributed by atoms with E-state index < -0.39 is 12.1 Å². The maximum atomic E-state index is 10.9. The van der Waals surface area contributed by atoms with E-state index in [1.165, 1.54) is 14.2 Å². The van der Waals surface area contributed by atoms with E-state index in [4.69, 9.17) is 14.6 Å². The third-order valence-corrected chi connectivity index (χ3v) is 1.46. The zero-order valence-corrected chi connectivity index (χ0v) is 7.99. The molecule has 0 aliphatic heterocycles. The number of aliphatic hydroxyl groups is 1. The monoisotopic (exact) mass is 192 g/mol. The molecule has 13 heavy (non-hydrogen) atoms. The van der Waals surface area contributed by atoms with Gasteiger partial charge in [-0.2, -0.15) is 0 Å². The van der Waals surface area contributed by atoms with E-state index in [-0.39, 0.29) is 13.2 Å². The minimum atomic E-state index is -0.677. The zero-order valence-electron chi connectivity index (χ0n) is 7.99. The van der Waals surface area contributed by atoms with Gasteiger partial charge in [0.25, 0.3) is 0 Å². The maximum Gasteiger partial charge on any atom is 0.337 e. The summed E-state index contributed by atoms with van der Waals surface area (Å²) in [7, 11) is 2.71. The Kier molecular flexibility index (Phi) is 7.57. The Hall–Kier alpha value is -0.650. The number of methoxy groups -OCH3 is 2. The van der Waals surface area contributed by atoms with Gasteiger partial charge < -0.3 is 19.3 Å². The van der Waals surface area contributed by atoms with E-state index in [2.05, 4.69) is 4.74 Å². The molecule has 0 saturated carbocycles. The van der Waals surface area contributed by atoms with Gasteiger partial charge in [0.15, 0.2) is 6.10 Å². The molecule has 0 spiro atoms. The van der Waals surface area contributed by atoms with E-state index in [0.29, 0.717) is 13.0 Å². The van der Waals surface area contributed by atoms with Crippen LogP contribution >= 0.6 is 0 Å². The first kappa shape index (κ1) is 12.3. The van der Waals surface area contributed by atoms with Crippen molar-refractivity contribution in [3.8, 4) is 0 Å². The quantitative estimate of drug-likeness (QED) is 0.438. The highest BCUT2D eigenvalue weighted by atomic mass is 16.6. The fourth-order valence-corrected chi connectivity index (χ4v) is 0.721. The van der Waals surface area contributed by atoms with Crippen LogP contribution in [0.25, 0.3) is 0 Å². The summed E-state index contributed by atoms with van der Waals surface area (Å²) in [5.41, 5.74) is 0. The highest BCUT2D eigenvalue weighted by Crippen LogP contribution is 1.95. The van der Waals surface area contributed by atoms with Crippen LogP contribution in [0.3, 0.4) is 0 Å². The largest absolute Gasteiger partial charge is 0.467 e. The molecular formula is C8H16O5. The SMILES string of the molecule is COC(=O)C(COCCCO)OC. The number of carbonyl (C=O) groups is 1. The number of hydrogen-bond acceptors (Lipinski definition) is 5. The summed E-state index contributed by atoms with van der Waals surface area (Å²) >= 11 is 0. The minimum absolute atomic E-state index is 0.0792. The average molecular weight is 192 g/mol. The van der Waals surface area contributed by atoms with E-state index in [1.807, 2.05) is 0 Å². The van der Waals surface area contributed by atoms with Gasteiger partial charge in [0, 0.05) is 20.3 Å². The van der Waals surface area contributed by atoms with Crippen molar-refractivity contribution in [2.24, 2.45) is 0 Å².